The molecule has 6 nitrogen and oxygen atoms in total. The number of carbonyl (C=O) groups excluding carboxylic acids is 1. The molecule has 1 saturated carbocycles. The second-order valence-corrected chi connectivity index (χ2v) is 5.89. The summed E-state index contributed by atoms with van der Waals surface area (Å²) < 4.78 is 0. The van der Waals surface area contributed by atoms with Crippen LogP contribution in [0.1, 0.15) is 36.0 Å². The largest absolute Gasteiger partial charge is 0.349 e. The number of hydrogen-bond acceptors (Lipinski definition) is 4. The first-order chi connectivity index (χ1) is 10.7. The number of H-pyrrole nitrogens is 1. The molecular weight excluding hydrogens is 280 g/mol. The summed E-state index contributed by atoms with van der Waals surface area (Å²) >= 11 is 0. The highest BCUT2D eigenvalue weighted by Gasteiger charge is 2.22. The van der Waals surface area contributed by atoms with Crippen molar-refractivity contribution in [2.45, 2.75) is 31.7 Å². The first kappa shape index (κ1) is 14.7. The van der Waals surface area contributed by atoms with Crippen molar-refractivity contribution in [3.8, 4) is 0 Å². The summed E-state index contributed by atoms with van der Waals surface area (Å²) in [7, 11) is 0. The van der Waals surface area contributed by atoms with E-state index in [2.05, 4.69) is 15.3 Å². The molecule has 2 aromatic rings. The van der Waals surface area contributed by atoms with Crippen LogP contribution in [0.2, 0.25) is 0 Å². The quantitative estimate of drug-likeness (QED) is 0.792. The number of aromatic amines is 1. The number of fused-ring (bicyclic) bond motifs is 1. The van der Waals surface area contributed by atoms with Gasteiger partial charge in [0.05, 0.1) is 17.2 Å². The number of carbonyl (C=O) groups is 1. The van der Waals surface area contributed by atoms with Crippen LogP contribution < -0.4 is 16.6 Å². The molecule has 0 saturated heterocycles. The number of aromatic nitrogens is 2. The normalized spacial score (nSPS) is 21.7. The third-order valence-corrected chi connectivity index (χ3v) is 4.42. The zero-order valence-corrected chi connectivity index (χ0v) is 12.3. The van der Waals surface area contributed by atoms with Crippen molar-refractivity contribution in [1.82, 2.24) is 15.3 Å². The predicted molar refractivity (Wildman–Crippen MR) is 84.6 cm³/mol. The number of nitrogens with two attached hydrogens (primary N) is 1. The van der Waals surface area contributed by atoms with E-state index in [1.54, 1.807) is 18.2 Å². The third-order valence-electron chi connectivity index (χ3n) is 4.42. The summed E-state index contributed by atoms with van der Waals surface area (Å²) in [5.41, 5.74) is 6.55. The van der Waals surface area contributed by atoms with Gasteiger partial charge in [0.25, 0.3) is 11.5 Å². The van der Waals surface area contributed by atoms with Gasteiger partial charge < -0.3 is 16.0 Å². The van der Waals surface area contributed by atoms with Crippen molar-refractivity contribution < 1.29 is 4.79 Å². The van der Waals surface area contributed by atoms with Gasteiger partial charge in [-0.15, -0.1) is 0 Å². The lowest BCUT2D eigenvalue weighted by Crippen LogP contribution is -2.38. The fourth-order valence-corrected chi connectivity index (χ4v) is 3.02. The summed E-state index contributed by atoms with van der Waals surface area (Å²) in [6, 6.07) is 5.17. The number of benzene rings is 1. The summed E-state index contributed by atoms with van der Waals surface area (Å²) in [6.07, 6.45) is 5.42. The standard InChI is InChI=1S/C16H20N4O2/c17-8-10-1-4-12(5-2-10)20-15(21)11-3-6-13-14(7-11)18-9-19-16(13)22/h3,6-7,9-10,12H,1-2,4-5,8,17H2,(H,20,21)(H,18,19,22). The maximum absolute atomic E-state index is 12.3. The molecule has 0 unspecified atom stereocenters. The van der Waals surface area contributed by atoms with E-state index >= 15 is 0 Å². The van der Waals surface area contributed by atoms with Crippen LogP contribution in [0.4, 0.5) is 0 Å². The molecule has 1 aromatic heterocycles. The van der Waals surface area contributed by atoms with E-state index in [1.807, 2.05) is 0 Å². The zero-order chi connectivity index (χ0) is 15.5. The molecule has 1 fully saturated rings. The SMILES string of the molecule is NCC1CCC(NC(=O)c2ccc3c(=O)[nH]cnc3c2)CC1. The Labute approximate surface area is 128 Å². The van der Waals surface area contributed by atoms with Gasteiger partial charge in [-0.1, -0.05) is 0 Å². The molecule has 0 radical (unpaired) electrons. The van der Waals surface area contributed by atoms with Gasteiger partial charge in [-0.05, 0) is 56.3 Å². The van der Waals surface area contributed by atoms with Crippen molar-refractivity contribution in [1.29, 1.82) is 0 Å². The van der Waals surface area contributed by atoms with Crippen molar-refractivity contribution in [3.05, 3.63) is 40.4 Å². The summed E-state index contributed by atoms with van der Waals surface area (Å²) in [5.74, 6) is 0.477. The van der Waals surface area contributed by atoms with E-state index in [0.717, 1.165) is 32.2 Å². The molecule has 6 heteroatoms. The number of hydrogen-bond donors (Lipinski definition) is 3. The van der Waals surface area contributed by atoms with Crippen LogP contribution in [0, 0.1) is 5.92 Å². The van der Waals surface area contributed by atoms with Gasteiger partial charge in [0.15, 0.2) is 0 Å². The molecule has 22 heavy (non-hydrogen) atoms. The van der Waals surface area contributed by atoms with Crippen LogP contribution in [-0.2, 0) is 0 Å². The molecule has 4 N–H and O–H groups in total. The Balaban J connectivity index is 1.71. The highest BCUT2D eigenvalue weighted by atomic mass is 16.1. The lowest BCUT2D eigenvalue weighted by Gasteiger charge is -2.28. The van der Waals surface area contributed by atoms with E-state index in [0.29, 0.717) is 22.4 Å². The van der Waals surface area contributed by atoms with E-state index in [-0.39, 0.29) is 17.5 Å². The Bertz CT molecular complexity index is 732. The topological polar surface area (TPSA) is 101 Å². The van der Waals surface area contributed by atoms with E-state index < -0.39 is 0 Å². The van der Waals surface area contributed by atoms with Gasteiger partial charge >= 0.3 is 0 Å². The monoisotopic (exact) mass is 300 g/mol. The van der Waals surface area contributed by atoms with Gasteiger partial charge in [0, 0.05) is 11.6 Å². The van der Waals surface area contributed by atoms with Gasteiger partial charge in [-0.25, -0.2) is 4.98 Å². The lowest BCUT2D eigenvalue weighted by atomic mass is 9.86. The molecule has 3 rings (SSSR count). The Morgan fingerprint density at radius 3 is 2.82 bits per heavy atom. The predicted octanol–water partition coefficient (Wildman–Crippen LogP) is 1.17. The Kier molecular flexibility index (Phi) is 4.20. The van der Waals surface area contributed by atoms with Crippen LogP contribution in [0.3, 0.4) is 0 Å². The van der Waals surface area contributed by atoms with Crippen LogP contribution >= 0.6 is 0 Å². The highest BCUT2D eigenvalue weighted by molar-refractivity contribution is 5.97. The van der Waals surface area contributed by atoms with E-state index in [1.165, 1.54) is 6.33 Å². The molecule has 116 valence electrons. The molecular formula is C16H20N4O2. The van der Waals surface area contributed by atoms with Gasteiger partial charge in [0.1, 0.15) is 0 Å². The second-order valence-electron chi connectivity index (χ2n) is 5.89. The maximum Gasteiger partial charge on any atom is 0.258 e. The van der Waals surface area contributed by atoms with Crippen LogP contribution in [0.25, 0.3) is 10.9 Å². The first-order valence-electron chi connectivity index (χ1n) is 7.65. The molecule has 1 aliphatic carbocycles. The van der Waals surface area contributed by atoms with Crippen LogP contribution in [-0.4, -0.2) is 28.5 Å². The molecule has 0 spiro atoms. The smallest absolute Gasteiger partial charge is 0.258 e. The summed E-state index contributed by atoms with van der Waals surface area (Å²) in [5, 5.41) is 3.55. The minimum Gasteiger partial charge on any atom is -0.349 e. The average molecular weight is 300 g/mol. The minimum absolute atomic E-state index is 0.111. The van der Waals surface area contributed by atoms with Crippen molar-refractivity contribution in [2.75, 3.05) is 6.54 Å². The maximum atomic E-state index is 12.3. The average Bonchev–Trinajstić information content (AvgIpc) is 2.55. The van der Waals surface area contributed by atoms with E-state index in [4.69, 9.17) is 5.73 Å². The lowest BCUT2D eigenvalue weighted by molar-refractivity contribution is 0.0922. The van der Waals surface area contributed by atoms with Gasteiger partial charge in [-0.2, -0.15) is 0 Å². The molecule has 0 atom stereocenters. The Hall–Kier alpha value is -2.21. The molecule has 1 aromatic carbocycles. The fraction of sp³-hybridized carbons (Fsp3) is 0.438. The Morgan fingerprint density at radius 2 is 2.09 bits per heavy atom. The Morgan fingerprint density at radius 1 is 1.32 bits per heavy atom. The van der Waals surface area contributed by atoms with Gasteiger partial charge in [-0.3, -0.25) is 9.59 Å². The number of rotatable bonds is 3. The molecule has 0 bridgehead atoms. The minimum atomic E-state index is -0.197. The second kappa shape index (κ2) is 6.27. The van der Waals surface area contributed by atoms with Crippen LogP contribution in [0.5, 0.6) is 0 Å². The van der Waals surface area contributed by atoms with Crippen molar-refractivity contribution in [2.24, 2.45) is 11.7 Å². The zero-order valence-electron chi connectivity index (χ0n) is 12.3. The van der Waals surface area contributed by atoms with Crippen LogP contribution in [0.15, 0.2) is 29.3 Å². The number of nitrogens with zero attached hydrogens (tertiary/aromatic N) is 1. The van der Waals surface area contributed by atoms with Gasteiger partial charge in [0.2, 0.25) is 0 Å². The molecule has 0 aliphatic heterocycles. The van der Waals surface area contributed by atoms with Crippen molar-refractivity contribution >= 4 is 16.8 Å². The molecule has 1 aliphatic rings. The number of amides is 1. The summed E-state index contributed by atoms with van der Waals surface area (Å²) in [4.78, 5) is 30.6. The van der Waals surface area contributed by atoms with Crippen molar-refractivity contribution in [3.63, 3.8) is 0 Å². The van der Waals surface area contributed by atoms with E-state index in [9.17, 15) is 9.59 Å². The number of nitrogens with one attached hydrogen (secondary N) is 2. The first-order valence-corrected chi connectivity index (χ1v) is 7.65. The highest BCUT2D eigenvalue weighted by Crippen LogP contribution is 2.23. The molecule has 1 heterocycles. The molecule has 1 amide bonds. The summed E-state index contributed by atoms with van der Waals surface area (Å²) in [6.45, 7) is 0.728. The third kappa shape index (κ3) is 3.01. The fourth-order valence-electron chi connectivity index (χ4n) is 3.02.